The van der Waals surface area contributed by atoms with E-state index in [0.29, 0.717) is 13.2 Å². The molecule has 0 unspecified atom stereocenters. The molecule has 0 fully saturated rings. The van der Waals surface area contributed by atoms with E-state index in [1.54, 1.807) is 18.2 Å². The summed E-state index contributed by atoms with van der Waals surface area (Å²) in [6.45, 7) is 1.95. The third-order valence-corrected chi connectivity index (χ3v) is 1.96. The van der Waals surface area contributed by atoms with Gasteiger partial charge in [-0.05, 0) is 20.2 Å². The second-order valence-electron chi connectivity index (χ2n) is 3.78. The number of carbonyl (C=O) groups is 1. The second kappa shape index (κ2) is 8.43. The number of ether oxygens (including phenoxy) is 3. The van der Waals surface area contributed by atoms with Gasteiger partial charge in [-0.25, -0.2) is 9.78 Å². The van der Waals surface area contributed by atoms with Gasteiger partial charge < -0.3 is 19.1 Å². The first-order valence-electron chi connectivity index (χ1n) is 5.66. The largest absolute Gasteiger partial charge is 0.515 e. The summed E-state index contributed by atoms with van der Waals surface area (Å²) in [6, 6.07) is 5.03. The molecule has 0 radical (unpaired) electrons. The Hall–Kier alpha value is -1.66. The highest BCUT2D eigenvalue weighted by molar-refractivity contribution is 5.62. The minimum absolute atomic E-state index is 0.166. The quantitative estimate of drug-likeness (QED) is 0.538. The second-order valence-corrected chi connectivity index (χ2v) is 3.78. The van der Waals surface area contributed by atoms with E-state index in [1.165, 1.54) is 6.20 Å². The number of likely N-dealkylation sites (N-methyl/N-ethyl adjacent to an activating group) is 1. The van der Waals surface area contributed by atoms with Crippen molar-refractivity contribution < 1.29 is 19.0 Å². The molecule has 0 bridgehead atoms. The molecule has 1 rings (SSSR count). The molecule has 1 heterocycles. The molecule has 0 aliphatic carbocycles. The first-order chi connectivity index (χ1) is 8.68. The summed E-state index contributed by atoms with van der Waals surface area (Å²) < 4.78 is 14.9. The molecular weight excluding hydrogens is 236 g/mol. The third-order valence-electron chi connectivity index (χ3n) is 1.96. The number of aromatic nitrogens is 1. The summed E-state index contributed by atoms with van der Waals surface area (Å²) in [5.41, 5.74) is 0. The van der Waals surface area contributed by atoms with Crippen LogP contribution in [-0.4, -0.2) is 56.5 Å². The van der Waals surface area contributed by atoms with E-state index in [4.69, 9.17) is 14.2 Å². The molecule has 0 spiro atoms. The summed E-state index contributed by atoms with van der Waals surface area (Å²) >= 11 is 0. The van der Waals surface area contributed by atoms with Gasteiger partial charge in [0.05, 0.1) is 13.2 Å². The zero-order chi connectivity index (χ0) is 13.2. The zero-order valence-corrected chi connectivity index (χ0v) is 10.7. The van der Waals surface area contributed by atoms with E-state index in [2.05, 4.69) is 4.98 Å². The Labute approximate surface area is 106 Å². The molecule has 1 aromatic heterocycles. The van der Waals surface area contributed by atoms with E-state index in [1.807, 2.05) is 19.0 Å². The van der Waals surface area contributed by atoms with Crippen LogP contribution in [0.3, 0.4) is 0 Å². The summed E-state index contributed by atoms with van der Waals surface area (Å²) in [5, 5.41) is 0. The highest BCUT2D eigenvalue weighted by atomic mass is 16.7. The average molecular weight is 254 g/mol. The molecule has 0 atom stereocenters. The zero-order valence-electron chi connectivity index (χ0n) is 10.7. The number of carbonyl (C=O) groups excluding carboxylic acids is 1. The van der Waals surface area contributed by atoms with Crippen molar-refractivity contribution in [1.82, 2.24) is 9.88 Å². The molecule has 0 amide bonds. The topological polar surface area (TPSA) is 60.9 Å². The maximum absolute atomic E-state index is 11.2. The first kappa shape index (κ1) is 14.4. The van der Waals surface area contributed by atoms with Gasteiger partial charge in [-0.3, -0.25) is 0 Å². The van der Waals surface area contributed by atoms with Gasteiger partial charge in [-0.15, -0.1) is 0 Å². The number of rotatable bonds is 7. The molecule has 100 valence electrons. The normalized spacial score (nSPS) is 10.4. The highest BCUT2D eigenvalue weighted by Crippen LogP contribution is 2.04. The Morgan fingerprint density at radius 1 is 1.28 bits per heavy atom. The molecule has 18 heavy (non-hydrogen) atoms. The van der Waals surface area contributed by atoms with E-state index in [0.717, 1.165) is 6.54 Å². The van der Waals surface area contributed by atoms with Crippen LogP contribution in [0, 0.1) is 0 Å². The van der Waals surface area contributed by atoms with Gasteiger partial charge in [0.15, 0.2) is 0 Å². The van der Waals surface area contributed by atoms with Crippen LogP contribution in [0.1, 0.15) is 0 Å². The van der Waals surface area contributed by atoms with Crippen molar-refractivity contribution in [3.05, 3.63) is 24.4 Å². The Kier molecular flexibility index (Phi) is 6.75. The third kappa shape index (κ3) is 6.82. The summed E-state index contributed by atoms with van der Waals surface area (Å²) in [4.78, 5) is 17.1. The van der Waals surface area contributed by atoms with Crippen molar-refractivity contribution in [2.75, 3.05) is 40.5 Å². The Bertz CT molecular complexity index is 343. The first-order valence-corrected chi connectivity index (χ1v) is 5.66. The fourth-order valence-corrected chi connectivity index (χ4v) is 1.06. The predicted molar refractivity (Wildman–Crippen MR) is 65.6 cm³/mol. The van der Waals surface area contributed by atoms with Crippen molar-refractivity contribution in [3.63, 3.8) is 0 Å². The Morgan fingerprint density at radius 2 is 2.11 bits per heavy atom. The van der Waals surface area contributed by atoms with E-state index in [-0.39, 0.29) is 12.5 Å². The van der Waals surface area contributed by atoms with Crippen LogP contribution in [0.2, 0.25) is 0 Å². The molecule has 6 nitrogen and oxygen atoms in total. The summed E-state index contributed by atoms with van der Waals surface area (Å²) in [5.74, 6) is 0.219. The SMILES string of the molecule is CN(C)CCOCCOC(=O)Oc1ccccn1. The van der Waals surface area contributed by atoms with Gasteiger partial charge in [-0.1, -0.05) is 6.07 Å². The van der Waals surface area contributed by atoms with Crippen molar-refractivity contribution in [1.29, 1.82) is 0 Å². The maximum atomic E-state index is 11.2. The maximum Gasteiger partial charge on any atom is 0.515 e. The van der Waals surface area contributed by atoms with Crippen LogP contribution < -0.4 is 4.74 Å². The lowest BCUT2D eigenvalue weighted by Gasteiger charge is -2.09. The lowest BCUT2D eigenvalue weighted by molar-refractivity contribution is 0.0472. The predicted octanol–water partition coefficient (Wildman–Crippen LogP) is 1.18. The highest BCUT2D eigenvalue weighted by Gasteiger charge is 2.05. The van der Waals surface area contributed by atoms with E-state index >= 15 is 0 Å². The molecule has 0 aliphatic rings. The molecule has 0 aliphatic heterocycles. The van der Waals surface area contributed by atoms with Crippen molar-refractivity contribution in [2.24, 2.45) is 0 Å². The standard InChI is InChI=1S/C12H18N2O4/c1-14(2)7-8-16-9-10-17-12(15)18-11-5-3-4-6-13-11/h3-6H,7-10H2,1-2H3. The van der Waals surface area contributed by atoms with Gasteiger partial charge in [0.1, 0.15) is 6.61 Å². The van der Waals surface area contributed by atoms with Gasteiger partial charge in [0, 0.05) is 18.8 Å². The van der Waals surface area contributed by atoms with Gasteiger partial charge in [0.25, 0.3) is 0 Å². The number of nitrogens with zero attached hydrogens (tertiary/aromatic N) is 2. The number of hydrogen-bond acceptors (Lipinski definition) is 6. The fraction of sp³-hybridized carbons (Fsp3) is 0.500. The molecule has 6 heteroatoms. The molecule has 0 saturated carbocycles. The Morgan fingerprint density at radius 3 is 2.78 bits per heavy atom. The van der Waals surface area contributed by atoms with Crippen molar-refractivity contribution >= 4 is 6.16 Å². The molecule has 0 N–H and O–H groups in total. The van der Waals surface area contributed by atoms with Crippen molar-refractivity contribution in [3.8, 4) is 5.88 Å². The molecule has 0 saturated heterocycles. The van der Waals surface area contributed by atoms with E-state index in [9.17, 15) is 4.79 Å². The lowest BCUT2D eigenvalue weighted by atomic mass is 10.5. The summed E-state index contributed by atoms with van der Waals surface area (Å²) in [6.07, 6.45) is 0.761. The van der Waals surface area contributed by atoms with Crippen LogP contribution in [0.4, 0.5) is 4.79 Å². The average Bonchev–Trinajstić information content (AvgIpc) is 2.34. The van der Waals surface area contributed by atoms with E-state index < -0.39 is 6.16 Å². The molecular formula is C12H18N2O4. The van der Waals surface area contributed by atoms with Crippen LogP contribution in [0.25, 0.3) is 0 Å². The lowest BCUT2D eigenvalue weighted by Crippen LogP contribution is -2.20. The van der Waals surface area contributed by atoms with Crippen LogP contribution >= 0.6 is 0 Å². The van der Waals surface area contributed by atoms with Crippen LogP contribution in [0.5, 0.6) is 5.88 Å². The fourth-order valence-electron chi connectivity index (χ4n) is 1.06. The number of hydrogen-bond donors (Lipinski definition) is 0. The van der Waals surface area contributed by atoms with Crippen LogP contribution in [-0.2, 0) is 9.47 Å². The minimum Gasteiger partial charge on any atom is -0.431 e. The van der Waals surface area contributed by atoms with Gasteiger partial charge in [-0.2, -0.15) is 0 Å². The molecule has 0 aromatic carbocycles. The monoisotopic (exact) mass is 254 g/mol. The summed E-state index contributed by atoms with van der Waals surface area (Å²) in [7, 11) is 3.92. The smallest absolute Gasteiger partial charge is 0.431 e. The van der Waals surface area contributed by atoms with Gasteiger partial charge >= 0.3 is 6.16 Å². The number of pyridine rings is 1. The van der Waals surface area contributed by atoms with Crippen molar-refractivity contribution in [2.45, 2.75) is 0 Å². The van der Waals surface area contributed by atoms with Crippen LogP contribution in [0.15, 0.2) is 24.4 Å². The Balaban J connectivity index is 2.04. The van der Waals surface area contributed by atoms with Gasteiger partial charge in [0.2, 0.25) is 5.88 Å². The minimum atomic E-state index is -0.773. The molecule has 1 aromatic rings.